The van der Waals surface area contributed by atoms with Crippen LogP contribution in [0, 0.1) is 0 Å². The lowest BCUT2D eigenvalue weighted by molar-refractivity contribution is -0.156. The van der Waals surface area contributed by atoms with Crippen LogP contribution in [0.15, 0.2) is 30.3 Å². The molecule has 2 rings (SSSR count). The van der Waals surface area contributed by atoms with Crippen LogP contribution in [0.4, 0.5) is 9.59 Å². The highest BCUT2D eigenvalue weighted by atomic mass is 16.7. The topological polar surface area (TPSA) is 109 Å². The molecule has 1 aromatic carbocycles. The molecule has 2 N–H and O–H groups in total. The highest BCUT2D eigenvalue weighted by Crippen LogP contribution is 2.21. The second kappa shape index (κ2) is 11.7. The maximum Gasteiger partial charge on any atom is 0.407 e. The number of ether oxygens (including phenoxy) is 1. The Bertz CT molecular complexity index is 767. The number of alkyl carbamates (subject to hydrolysis) is 1. The maximum atomic E-state index is 12.9. The molecule has 1 heterocycles. The fourth-order valence-corrected chi connectivity index (χ4v) is 3.10. The van der Waals surface area contributed by atoms with Crippen molar-refractivity contribution in [1.29, 1.82) is 0 Å². The van der Waals surface area contributed by atoms with Gasteiger partial charge in [0.2, 0.25) is 0 Å². The second-order valence-corrected chi connectivity index (χ2v) is 8.66. The van der Waals surface area contributed by atoms with Gasteiger partial charge in [0.25, 0.3) is 5.91 Å². The van der Waals surface area contributed by atoms with Gasteiger partial charge >= 0.3 is 12.1 Å². The van der Waals surface area contributed by atoms with E-state index >= 15 is 0 Å². The molecule has 0 unspecified atom stereocenters. The first-order valence-electron chi connectivity index (χ1n) is 10.7. The first-order chi connectivity index (χ1) is 15.1. The predicted octanol–water partition coefficient (Wildman–Crippen LogP) is 2.60. The second-order valence-electron chi connectivity index (χ2n) is 8.66. The van der Waals surface area contributed by atoms with E-state index in [1.807, 2.05) is 37.3 Å². The van der Waals surface area contributed by atoms with Crippen LogP contribution in [0.5, 0.6) is 0 Å². The van der Waals surface area contributed by atoms with Crippen LogP contribution < -0.4 is 10.8 Å². The Balaban J connectivity index is 1.80. The highest BCUT2D eigenvalue weighted by Gasteiger charge is 2.36. The minimum atomic E-state index is -0.700. The van der Waals surface area contributed by atoms with Crippen LogP contribution >= 0.6 is 0 Å². The summed E-state index contributed by atoms with van der Waals surface area (Å²) in [5.74, 6) is -0.435. The van der Waals surface area contributed by atoms with Crippen molar-refractivity contribution in [3.05, 3.63) is 35.9 Å². The van der Waals surface area contributed by atoms with E-state index in [1.54, 1.807) is 27.8 Å². The standard InChI is InChI=1S/C22H34N4O6/c1-16-11-12-18(19(27)24-30-14-13-23-20(28)32-22(2,3)4)25(5)21(29)26(16)31-15-17-9-7-6-8-10-17/h6-10,16,18H,11-15H2,1-5H3,(H,23,28)(H,24,27)/t16-,18-/m0/s1. The lowest BCUT2D eigenvalue weighted by Gasteiger charge is -2.30. The third-order valence-corrected chi connectivity index (χ3v) is 4.78. The number of urea groups is 1. The minimum absolute atomic E-state index is 0.0536. The molecule has 0 aliphatic carbocycles. The van der Waals surface area contributed by atoms with Crippen LogP contribution in [-0.4, -0.2) is 65.9 Å². The van der Waals surface area contributed by atoms with Gasteiger partial charge in [-0.2, -0.15) is 5.06 Å². The van der Waals surface area contributed by atoms with Crippen molar-refractivity contribution in [1.82, 2.24) is 20.8 Å². The molecule has 0 aromatic heterocycles. The summed E-state index contributed by atoms with van der Waals surface area (Å²) in [5.41, 5.74) is 2.71. The van der Waals surface area contributed by atoms with Crippen molar-refractivity contribution in [2.75, 3.05) is 20.2 Å². The van der Waals surface area contributed by atoms with Crippen molar-refractivity contribution in [3.63, 3.8) is 0 Å². The van der Waals surface area contributed by atoms with Crippen molar-refractivity contribution in [2.45, 2.75) is 64.8 Å². The number of hydrogen-bond acceptors (Lipinski definition) is 6. The predicted molar refractivity (Wildman–Crippen MR) is 117 cm³/mol. The van der Waals surface area contributed by atoms with E-state index < -0.39 is 29.7 Å². The zero-order chi connectivity index (χ0) is 23.7. The summed E-state index contributed by atoms with van der Waals surface area (Å²) in [5, 5.41) is 3.86. The largest absolute Gasteiger partial charge is 0.444 e. The van der Waals surface area contributed by atoms with E-state index in [-0.39, 0.29) is 25.8 Å². The van der Waals surface area contributed by atoms with Gasteiger partial charge < -0.3 is 15.0 Å². The van der Waals surface area contributed by atoms with Crippen molar-refractivity contribution < 1.29 is 28.8 Å². The third-order valence-electron chi connectivity index (χ3n) is 4.78. The summed E-state index contributed by atoms with van der Waals surface area (Å²) in [6.07, 6.45) is 0.481. The molecular formula is C22H34N4O6. The highest BCUT2D eigenvalue weighted by molar-refractivity contribution is 5.86. The number of carbonyl (C=O) groups excluding carboxylic acids is 3. The molecule has 0 spiro atoms. The van der Waals surface area contributed by atoms with Gasteiger partial charge in [-0.15, -0.1) is 0 Å². The normalized spacial score (nSPS) is 19.3. The summed E-state index contributed by atoms with van der Waals surface area (Å²) in [7, 11) is 1.56. The Hall–Kier alpha value is -2.85. The Labute approximate surface area is 189 Å². The number of hydrogen-bond donors (Lipinski definition) is 2. The Morgan fingerprint density at radius 2 is 1.84 bits per heavy atom. The number of nitrogens with zero attached hydrogens (tertiary/aromatic N) is 2. The Kier molecular flexibility index (Phi) is 9.27. The number of rotatable bonds is 8. The average molecular weight is 451 g/mol. The quantitative estimate of drug-likeness (QED) is 0.465. The van der Waals surface area contributed by atoms with Crippen LogP contribution in [0.2, 0.25) is 0 Å². The van der Waals surface area contributed by atoms with Gasteiger partial charge in [0.15, 0.2) is 0 Å². The lowest BCUT2D eigenvalue weighted by Crippen LogP contribution is -2.50. The molecule has 1 saturated heterocycles. The first kappa shape index (κ1) is 25.4. The number of likely N-dealkylation sites (N-methyl/N-ethyl adjacent to an activating group) is 1. The fourth-order valence-electron chi connectivity index (χ4n) is 3.10. The summed E-state index contributed by atoms with van der Waals surface area (Å²) < 4.78 is 5.11. The summed E-state index contributed by atoms with van der Waals surface area (Å²) in [4.78, 5) is 49.4. The van der Waals surface area contributed by atoms with Gasteiger partial charge in [-0.05, 0) is 46.1 Å². The van der Waals surface area contributed by atoms with Crippen molar-refractivity contribution in [2.24, 2.45) is 0 Å². The molecular weight excluding hydrogens is 416 g/mol. The zero-order valence-corrected chi connectivity index (χ0v) is 19.4. The fraction of sp³-hybridized carbons (Fsp3) is 0.591. The molecule has 1 aliphatic heterocycles. The van der Waals surface area contributed by atoms with E-state index in [2.05, 4.69) is 10.8 Å². The molecule has 0 radical (unpaired) electrons. The maximum absolute atomic E-state index is 12.9. The van der Waals surface area contributed by atoms with Crippen LogP contribution in [0.3, 0.4) is 0 Å². The molecule has 2 atom stereocenters. The van der Waals surface area contributed by atoms with E-state index in [0.717, 1.165) is 5.56 Å². The average Bonchev–Trinajstić information content (AvgIpc) is 2.82. The minimum Gasteiger partial charge on any atom is -0.444 e. The lowest BCUT2D eigenvalue weighted by atomic mass is 10.1. The zero-order valence-electron chi connectivity index (χ0n) is 19.4. The van der Waals surface area contributed by atoms with Crippen molar-refractivity contribution >= 4 is 18.0 Å². The van der Waals surface area contributed by atoms with Gasteiger partial charge in [-0.3, -0.25) is 14.5 Å². The molecule has 10 nitrogen and oxygen atoms in total. The van der Waals surface area contributed by atoms with E-state index in [4.69, 9.17) is 14.4 Å². The molecule has 0 bridgehead atoms. The number of benzene rings is 1. The van der Waals surface area contributed by atoms with Gasteiger partial charge in [-0.25, -0.2) is 15.1 Å². The SMILES string of the molecule is C[C@H]1CC[C@@H](C(=O)NOCCNC(=O)OC(C)(C)C)N(C)C(=O)N1OCc1ccccc1. The Morgan fingerprint density at radius 1 is 1.16 bits per heavy atom. The molecule has 10 heteroatoms. The van der Waals surface area contributed by atoms with Gasteiger partial charge in [0.05, 0.1) is 12.6 Å². The number of amides is 4. The van der Waals surface area contributed by atoms with Crippen molar-refractivity contribution in [3.8, 4) is 0 Å². The van der Waals surface area contributed by atoms with E-state index in [9.17, 15) is 14.4 Å². The summed E-state index contributed by atoms with van der Waals surface area (Å²) in [6, 6.07) is 8.28. The van der Waals surface area contributed by atoms with E-state index in [1.165, 1.54) is 9.96 Å². The van der Waals surface area contributed by atoms with Crippen LogP contribution in [-0.2, 0) is 25.8 Å². The molecule has 1 fully saturated rings. The summed E-state index contributed by atoms with van der Waals surface area (Å²) in [6.45, 7) is 7.66. The molecule has 0 saturated carbocycles. The van der Waals surface area contributed by atoms with Gasteiger partial charge in [-0.1, -0.05) is 30.3 Å². The molecule has 178 valence electrons. The van der Waals surface area contributed by atoms with Gasteiger partial charge in [0.1, 0.15) is 18.2 Å². The van der Waals surface area contributed by atoms with Crippen LogP contribution in [0.1, 0.15) is 46.1 Å². The Morgan fingerprint density at radius 3 is 2.50 bits per heavy atom. The molecule has 32 heavy (non-hydrogen) atoms. The molecule has 4 amide bonds. The number of carbonyl (C=O) groups is 3. The van der Waals surface area contributed by atoms with E-state index in [0.29, 0.717) is 12.8 Å². The monoisotopic (exact) mass is 450 g/mol. The first-order valence-corrected chi connectivity index (χ1v) is 10.7. The van der Waals surface area contributed by atoms with Gasteiger partial charge in [0, 0.05) is 13.6 Å². The summed E-state index contributed by atoms with van der Waals surface area (Å²) >= 11 is 0. The third kappa shape index (κ3) is 8.01. The number of nitrogens with one attached hydrogen (secondary N) is 2. The molecule has 1 aromatic rings. The number of hydroxylamine groups is 3. The van der Waals surface area contributed by atoms with Crippen LogP contribution in [0.25, 0.3) is 0 Å². The molecule has 1 aliphatic rings. The smallest absolute Gasteiger partial charge is 0.407 e.